The highest BCUT2D eigenvalue weighted by Gasteiger charge is 2.31. The molecule has 3 N–H and O–H groups in total. The van der Waals surface area contributed by atoms with Gasteiger partial charge in [0.1, 0.15) is 0 Å². The topological polar surface area (TPSA) is 38.0 Å². The third-order valence-corrected chi connectivity index (χ3v) is 4.20. The molecular formula is C14H11ClF3IN2. The Morgan fingerprint density at radius 1 is 1.14 bits per heavy atom. The highest BCUT2D eigenvalue weighted by molar-refractivity contribution is 14.1. The molecule has 0 fully saturated rings. The van der Waals surface area contributed by atoms with Crippen LogP contribution >= 0.6 is 34.2 Å². The Bertz CT molecular complexity index is 646. The number of hydrogen-bond acceptors (Lipinski definition) is 2. The predicted molar refractivity (Wildman–Crippen MR) is 84.8 cm³/mol. The highest BCUT2D eigenvalue weighted by Crippen LogP contribution is 2.33. The highest BCUT2D eigenvalue weighted by atomic mass is 127. The lowest BCUT2D eigenvalue weighted by atomic mass is 9.97. The van der Waals surface area contributed by atoms with Crippen LogP contribution in [-0.4, -0.2) is 0 Å². The number of benzene rings is 2. The minimum absolute atomic E-state index is 0.424. The summed E-state index contributed by atoms with van der Waals surface area (Å²) in [4.78, 5) is 0. The Hall–Kier alpha value is -0.830. The summed E-state index contributed by atoms with van der Waals surface area (Å²) in [6.45, 7) is 0. The lowest BCUT2D eigenvalue weighted by molar-refractivity contribution is -0.137. The van der Waals surface area contributed by atoms with Crippen molar-refractivity contribution in [3.63, 3.8) is 0 Å². The molecule has 2 nitrogen and oxygen atoms in total. The molecule has 2 aromatic rings. The molecule has 0 aliphatic carbocycles. The summed E-state index contributed by atoms with van der Waals surface area (Å²) in [6.07, 6.45) is -4.39. The quantitative estimate of drug-likeness (QED) is 0.430. The second kappa shape index (κ2) is 6.51. The van der Waals surface area contributed by atoms with Gasteiger partial charge in [0.25, 0.3) is 0 Å². The summed E-state index contributed by atoms with van der Waals surface area (Å²) in [5.74, 6) is 5.54. The van der Waals surface area contributed by atoms with Crippen molar-refractivity contribution < 1.29 is 13.2 Å². The van der Waals surface area contributed by atoms with Gasteiger partial charge in [-0.25, -0.2) is 5.43 Å². The molecule has 0 amide bonds. The van der Waals surface area contributed by atoms with Gasteiger partial charge in [0.15, 0.2) is 0 Å². The average molecular weight is 427 g/mol. The van der Waals surface area contributed by atoms with Crippen molar-refractivity contribution >= 4 is 34.2 Å². The van der Waals surface area contributed by atoms with Crippen LogP contribution in [0.1, 0.15) is 22.7 Å². The Morgan fingerprint density at radius 3 is 2.48 bits per heavy atom. The van der Waals surface area contributed by atoms with Gasteiger partial charge in [-0.1, -0.05) is 23.7 Å². The van der Waals surface area contributed by atoms with Crippen LogP contribution in [0.2, 0.25) is 5.02 Å². The molecule has 21 heavy (non-hydrogen) atoms. The molecule has 1 atom stereocenters. The van der Waals surface area contributed by atoms with Crippen LogP contribution in [0.3, 0.4) is 0 Å². The molecule has 0 aromatic heterocycles. The van der Waals surface area contributed by atoms with E-state index in [1.54, 1.807) is 24.3 Å². The van der Waals surface area contributed by atoms with Crippen LogP contribution in [0, 0.1) is 3.57 Å². The van der Waals surface area contributed by atoms with E-state index in [4.69, 9.17) is 17.4 Å². The van der Waals surface area contributed by atoms with Crippen LogP contribution in [0.5, 0.6) is 0 Å². The lowest BCUT2D eigenvalue weighted by Crippen LogP contribution is -2.29. The zero-order chi connectivity index (χ0) is 15.6. The summed E-state index contributed by atoms with van der Waals surface area (Å²) in [5.41, 5.74) is 2.99. The normalized spacial score (nSPS) is 13.2. The number of alkyl halides is 3. The first-order valence-electron chi connectivity index (χ1n) is 5.91. The van der Waals surface area contributed by atoms with Crippen LogP contribution in [-0.2, 0) is 6.18 Å². The number of nitrogens with two attached hydrogens (primary N) is 1. The minimum Gasteiger partial charge on any atom is -0.271 e. The zero-order valence-electron chi connectivity index (χ0n) is 10.6. The molecule has 0 radical (unpaired) electrons. The van der Waals surface area contributed by atoms with Crippen molar-refractivity contribution in [1.82, 2.24) is 5.43 Å². The molecule has 1 unspecified atom stereocenters. The average Bonchev–Trinajstić information content (AvgIpc) is 2.43. The number of rotatable bonds is 3. The Morgan fingerprint density at radius 2 is 1.86 bits per heavy atom. The van der Waals surface area contributed by atoms with Gasteiger partial charge in [0.05, 0.1) is 11.6 Å². The van der Waals surface area contributed by atoms with Crippen molar-refractivity contribution in [2.75, 3.05) is 0 Å². The number of hydrazine groups is 1. The van der Waals surface area contributed by atoms with Crippen molar-refractivity contribution in [2.24, 2.45) is 5.84 Å². The van der Waals surface area contributed by atoms with Gasteiger partial charge < -0.3 is 0 Å². The molecule has 0 bridgehead atoms. The summed E-state index contributed by atoms with van der Waals surface area (Å²) < 4.78 is 39.3. The van der Waals surface area contributed by atoms with Gasteiger partial charge in [-0.15, -0.1) is 0 Å². The Kier molecular flexibility index (Phi) is 5.13. The Labute approximate surface area is 138 Å². The summed E-state index contributed by atoms with van der Waals surface area (Å²) in [6, 6.07) is 9.69. The largest absolute Gasteiger partial charge is 0.416 e. The van der Waals surface area contributed by atoms with Crippen LogP contribution in [0.4, 0.5) is 13.2 Å². The maximum Gasteiger partial charge on any atom is 0.416 e. The van der Waals surface area contributed by atoms with Crippen molar-refractivity contribution in [2.45, 2.75) is 12.2 Å². The van der Waals surface area contributed by atoms with Crippen LogP contribution in [0.25, 0.3) is 0 Å². The number of halogens is 5. The number of hydrogen-bond donors (Lipinski definition) is 2. The predicted octanol–water partition coefficient (Wildman–Crippen LogP) is 4.52. The van der Waals surface area contributed by atoms with Crippen LogP contribution in [0.15, 0.2) is 42.5 Å². The van der Waals surface area contributed by atoms with Gasteiger partial charge in [-0.2, -0.15) is 13.2 Å². The number of nitrogens with one attached hydrogen (secondary N) is 1. The van der Waals surface area contributed by atoms with Crippen molar-refractivity contribution in [3.05, 3.63) is 67.7 Å². The van der Waals surface area contributed by atoms with E-state index in [0.717, 1.165) is 21.3 Å². The molecule has 0 spiro atoms. The van der Waals surface area contributed by atoms with Crippen molar-refractivity contribution in [3.8, 4) is 0 Å². The van der Waals surface area contributed by atoms with E-state index in [-0.39, 0.29) is 0 Å². The minimum atomic E-state index is -4.39. The molecule has 0 heterocycles. The lowest BCUT2D eigenvalue weighted by Gasteiger charge is -2.20. The van der Waals surface area contributed by atoms with E-state index in [2.05, 4.69) is 28.0 Å². The molecule has 0 saturated carbocycles. The first-order chi connectivity index (χ1) is 9.82. The van der Waals surface area contributed by atoms with Gasteiger partial charge in [0.2, 0.25) is 0 Å². The van der Waals surface area contributed by atoms with E-state index >= 15 is 0 Å². The molecule has 0 aliphatic rings. The van der Waals surface area contributed by atoms with E-state index in [1.165, 1.54) is 6.07 Å². The third-order valence-electron chi connectivity index (χ3n) is 2.98. The van der Waals surface area contributed by atoms with Crippen LogP contribution < -0.4 is 11.3 Å². The molecular weight excluding hydrogens is 416 g/mol. The fourth-order valence-electron chi connectivity index (χ4n) is 2.00. The second-order valence-electron chi connectivity index (χ2n) is 4.39. The summed E-state index contributed by atoms with van der Waals surface area (Å²) >= 11 is 8.05. The Balaban J connectivity index is 2.49. The monoisotopic (exact) mass is 426 g/mol. The fourth-order valence-corrected chi connectivity index (χ4v) is 2.82. The molecule has 2 aromatic carbocycles. The fraction of sp³-hybridized carbons (Fsp3) is 0.143. The maximum atomic E-state index is 12.8. The standard InChI is InChI=1S/C14H11ClF3IN2/c15-10-4-5-12(19)11(7-10)13(21-20)8-2-1-3-9(6-8)14(16,17)18/h1-7,13,21H,20H2. The van der Waals surface area contributed by atoms with Gasteiger partial charge in [-0.3, -0.25) is 5.84 Å². The smallest absolute Gasteiger partial charge is 0.271 e. The summed E-state index contributed by atoms with van der Waals surface area (Å²) in [7, 11) is 0. The van der Waals surface area contributed by atoms with Gasteiger partial charge in [0, 0.05) is 8.59 Å². The van der Waals surface area contributed by atoms with E-state index in [1.807, 2.05) is 0 Å². The first-order valence-corrected chi connectivity index (χ1v) is 7.37. The molecule has 0 aliphatic heterocycles. The maximum absolute atomic E-state index is 12.8. The van der Waals surface area contributed by atoms with Crippen molar-refractivity contribution in [1.29, 1.82) is 0 Å². The van der Waals surface area contributed by atoms with E-state index in [0.29, 0.717) is 10.6 Å². The first kappa shape index (κ1) is 16.5. The zero-order valence-corrected chi connectivity index (χ0v) is 13.5. The third kappa shape index (κ3) is 3.88. The molecule has 7 heteroatoms. The molecule has 112 valence electrons. The van der Waals surface area contributed by atoms with Gasteiger partial charge >= 0.3 is 6.18 Å². The second-order valence-corrected chi connectivity index (χ2v) is 5.99. The molecule has 0 saturated heterocycles. The SMILES string of the molecule is NNC(c1cccc(C(F)(F)F)c1)c1cc(Cl)ccc1I. The van der Waals surface area contributed by atoms with E-state index in [9.17, 15) is 13.2 Å². The summed E-state index contributed by atoms with van der Waals surface area (Å²) in [5, 5.41) is 0.498. The van der Waals surface area contributed by atoms with E-state index < -0.39 is 17.8 Å². The molecule has 2 rings (SSSR count). The van der Waals surface area contributed by atoms with Gasteiger partial charge in [-0.05, 0) is 64.0 Å².